The van der Waals surface area contributed by atoms with E-state index in [-0.39, 0.29) is 35.3 Å². The number of hydrogen-bond donors (Lipinski definition) is 0. The Morgan fingerprint density at radius 2 is 1.00 bits per heavy atom. The molecule has 1 heteroatoms. The molecule has 0 fully saturated rings. The summed E-state index contributed by atoms with van der Waals surface area (Å²) in [5.41, 5.74) is 0. The summed E-state index contributed by atoms with van der Waals surface area (Å²) in [5.74, 6) is 0. The molecular weight excluding hydrogens is 154 g/mol. The van der Waals surface area contributed by atoms with E-state index in [0.717, 1.165) is 0 Å². The molecule has 0 bridgehead atoms. The second-order valence-electron chi connectivity index (χ2n) is 0. The summed E-state index contributed by atoms with van der Waals surface area (Å²) in [7, 11) is 0. The van der Waals surface area contributed by atoms with E-state index in [9.17, 15) is 0 Å². The Morgan fingerprint density at radius 3 is 1.00 bits per heavy atom. The molecule has 0 aromatic rings. The molecule has 0 aliphatic rings. The van der Waals surface area contributed by atoms with Gasteiger partial charge >= 0.3 is 0 Å². The van der Waals surface area contributed by atoms with Crippen LogP contribution in [0.3, 0.4) is 0 Å². The van der Waals surface area contributed by atoms with Gasteiger partial charge in [-0.2, -0.15) is 6.92 Å². The van der Waals surface area contributed by atoms with Gasteiger partial charge in [0, 0.05) is 20.4 Å². The van der Waals surface area contributed by atoms with Crippen LogP contribution in [0, 0.1) is 21.8 Å². The van der Waals surface area contributed by atoms with Crippen LogP contribution >= 0.6 is 0 Å². The summed E-state index contributed by atoms with van der Waals surface area (Å²) in [6.07, 6.45) is 0. The first kappa shape index (κ1) is 44.5. The van der Waals surface area contributed by atoms with Crippen molar-refractivity contribution < 1.29 is 20.4 Å². The Morgan fingerprint density at radius 1 is 1.00 bits per heavy atom. The first-order valence-corrected chi connectivity index (χ1v) is 0.707. The fourth-order valence-electron chi connectivity index (χ4n) is 0. The molecule has 0 rings (SSSR count). The average Bonchev–Trinajstić information content (AvgIpc) is 1.00. The molecule has 0 atom stereocenters. The molecule has 0 unspecified atom stereocenters. The van der Waals surface area contributed by atoms with Crippen molar-refractivity contribution in [1.82, 2.24) is 0 Å². The zero-order valence-corrected chi connectivity index (χ0v) is 5.58. The maximum absolute atomic E-state index is 3.25. The molecule has 0 aromatic heterocycles. The SMILES string of the molecule is [CH2-]C.[CH3-].[CH3-].[Pd]. The van der Waals surface area contributed by atoms with Crippen LogP contribution in [0.5, 0.6) is 0 Å². The predicted octanol–water partition coefficient (Wildman–Crippen LogP) is 1.74. The smallest absolute Gasteiger partial charge is 0 e. The molecule has 0 spiro atoms. The zero-order chi connectivity index (χ0) is 2.00. The first-order valence-electron chi connectivity index (χ1n) is 0.707. The van der Waals surface area contributed by atoms with Gasteiger partial charge < -0.3 is 21.8 Å². The summed E-state index contributed by atoms with van der Waals surface area (Å²) in [5, 5.41) is 0. The van der Waals surface area contributed by atoms with Gasteiger partial charge in [0.15, 0.2) is 0 Å². The molecule has 0 aliphatic carbocycles. The molecule has 0 amide bonds. The zero-order valence-electron chi connectivity index (χ0n) is 4.02. The van der Waals surface area contributed by atoms with Gasteiger partial charge in [-0.15, -0.1) is 0 Å². The van der Waals surface area contributed by atoms with Crippen LogP contribution < -0.4 is 0 Å². The van der Waals surface area contributed by atoms with Crippen molar-refractivity contribution in [2.24, 2.45) is 0 Å². The van der Waals surface area contributed by atoms with Crippen LogP contribution in [0.1, 0.15) is 6.92 Å². The summed E-state index contributed by atoms with van der Waals surface area (Å²) >= 11 is 0. The third-order valence-corrected chi connectivity index (χ3v) is 0. The van der Waals surface area contributed by atoms with Crippen molar-refractivity contribution in [3.05, 3.63) is 21.8 Å². The fourth-order valence-corrected chi connectivity index (χ4v) is 0. The van der Waals surface area contributed by atoms with Crippen LogP contribution in [0.25, 0.3) is 0 Å². The molecule has 5 heavy (non-hydrogen) atoms. The van der Waals surface area contributed by atoms with E-state index in [1.807, 2.05) is 0 Å². The van der Waals surface area contributed by atoms with Crippen molar-refractivity contribution in [2.45, 2.75) is 6.92 Å². The van der Waals surface area contributed by atoms with Crippen molar-refractivity contribution in [3.63, 3.8) is 0 Å². The average molecular weight is 166 g/mol. The van der Waals surface area contributed by atoms with Gasteiger partial charge in [-0.25, -0.2) is 0 Å². The van der Waals surface area contributed by atoms with E-state index in [1.54, 1.807) is 6.92 Å². The van der Waals surface area contributed by atoms with Gasteiger partial charge in [-0.05, 0) is 0 Å². The summed E-state index contributed by atoms with van der Waals surface area (Å²) in [4.78, 5) is 0. The number of hydrogen-bond acceptors (Lipinski definition) is 0. The quantitative estimate of drug-likeness (QED) is 0.379. The third-order valence-electron chi connectivity index (χ3n) is 0. The Balaban J connectivity index is -0.00000000167. The fraction of sp³-hybridized carbons (Fsp3) is 0.250. The second-order valence-corrected chi connectivity index (χ2v) is 0. The molecule has 0 heterocycles. The molecule has 0 radical (unpaired) electrons. The van der Waals surface area contributed by atoms with Crippen LogP contribution in [0.2, 0.25) is 0 Å². The second kappa shape index (κ2) is 143. The van der Waals surface area contributed by atoms with Crippen LogP contribution in [0.15, 0.2) is 0 Å². The van der Waals surface area contributed by atoms with Gasteiger partial charge in [0.2, 0.25) is 0 Å². The molecule has 0 nitrogen and oxygen atoms in total. The van der Waals surface area contributed by atoms with E-state index >= 15 is 0 Å². The summed E-state index contributed by atoms with van der Waals surface area (Å²) in [6, 6.07) is 0. The monoisotopic (exact) mass is 165 g/mol. The molecule has 0 aromatic carbocycles. The van der Waals surface area contributed by atoms with Crippen molar-refractivity contribution >= 4 is 0 Å². The molecule has 0 saturated heterocycles. The van der Waals surface area contributed by atoms with Crippen molar-refractivity contribution in [1.29, 1.82) is 0 Å². The Kier molecular flexibility index (Phi) is 1270. The van der Waals surface area contributed by atoms with Crippen molar-refractivity contribution in [2.75, 3.05) is 0 Å². The van der Waals surface area contributed by atoms with E-state index in [1.165, 1.54) is 0 Å². The van der Waals surface area contributed by atoms with E-state index < -0.39 is 0 Å². The molecular formula is C4H11Pd-3. The number of rotatable bonds is 0. The summed E-state index contributed by atoms with van der Waals surface area (Å²) in [6.45, 7) is 5.00. The molecule has 0 saturated carbocycles. The Hall–Kier alpha value is 0.662. The van der Waals surface area contributed by atoms with Crippen LogP contribution in [-0.4, -0.2) is 0 Å². The first-order chi connectivity index (χ1) is 1.00. The normalized spacial score (nSPS) is 1.20. The molecule has 0 N–H and O–H groups in total. The van der Waals surface area contributed by atoms with Gasteiger partial charge in [-0.3, -0.25) is 0 Å². The molecule has 0 aliphatic heterocycles. The minimum absolute atomic E-state index is 0. The third kappa shape index (κ3) is 75.3. The summed E-state index contributed by atoms with van der Waals surface area (Å²) < 4.78 is 0. The van der Waals surface area contributed by atoms with Gasteiger partial charge in [-0.1, -0.05) is 0 Å². The van der Waals surface area contributed by atoms with Crippen LogP contribution in [-0.2, 0) is 20.4 Å². The van der Waals surface area contributed by atoms with Crippen LogP contribution in [0.4, 0.5) is 0 Å². The van der Waals surface area contributed by atoms with Gasteiger partial charge in [0.25, 0.3) is 0 Å². The van der Waals surface area contributed by atoms with E-state index in [4.69, 9.17) is 0 Å². The topological polar surface area (TPSA) is 0 Å². The van der Waals surface area contributed by atoms with Gasteiger partial charge in [0.1, 0.15) is 0 Å². The standard InChI is InChI=1S/C2H5.2CH3.Pd/c1-2;;;/h1H2,2H3;2*1H3;/q3*-1;. The van der Waals surface area contributed by atoms with E-state index in [2.05, 4.69) is 6.92 Å². The largest absolute Gasteiger partial charge is 0.358 e. The molecule has 40 valence electrons. The van der Waals surface area contributed by atoms with Gasteiger partial charge in [0.05, 0.1) is 0 Å². The predicted molar refractivity (Wildman–Crippen MR) is 23.9 cm³/mol. The van der Waals surface area contributed by atoms with E-state index in [0.29, 0.717) is 0 Å². The minimum Gasteiger partial charge on any atom is -0.358 e. The Bertz CT molecular complexity index is 3.61. The van der Waals surface area contributed by atoms with Crippen molar-refractivity contribution in [3.8, 4) is 0 Å². The minimum atomic E-state index is 0. The maximum atomic E-state index is 3.25. The maximum Gasteiger partial charge on any atom is 0 e. The Labute approximate surface area is 49.6 Å².